The molecule has 1 heterocycles. The molecule has 1 saturated heterocycles. The molecule has 1 aromatic carbocycles. The predicted molar refractivity (Wildman–Crippen MR) is 81.3 cm³/mol. The Morgan fingerprint density at radius 1 is 1.50 bits per heavy atom. The zero-order valence-electron chi connectivity index (χ0n) is 9.58. The molecule has 0 radical (unpaired) electrons. The van der Waals surface area contributed by atoms with E-state index in [9.17, 15) is 9.59 Å². The van der Waals surface area contributed by atoms with E-state index < -0.39 is 0 Å². The second-order valence-electron chi connectivity index (χ2n) is 4.09. The van der Waals surface area contributed by atoms with Gasteiger partial charge in [0.15, 0.2) is 0 Å². The number of halogens is 2. The van der Waals surface area contributed by atoms with Crippen molar-refractivity contribution >= 4 is 56.0 Å². The first-order valence-electron chi connectivity index (χ1n) is 5.59. The van der Waals surface area contributed by atoms with Crippen LogP contribution in [0.15, 0.2) is 22.7 Å². The first-order chi connectivity index (χ1) is 8.56. The number of hydrogen-bond donors (Lipinski definition) is 1. The number of carbonyl (C=O) groups is 2. The molecular formula is C12H12BrIN2O2. The van der Waals surface area contributed by atoms with Gasteiger partial charge in [0.1, 0.15) is 0 Å². The van der Waals surface area contributed by atoms with Crippen molar-refractivity contribution in [1.29, 1.82) is 0 Å². The van der Waals surface area contributed by atoms with E-state index in [1.165, 1.54) is 0 Å². The van der Waals surface area contributed by atoms with Gasteiger partial charge in [-0.1, -0.05) is 0 Å². The molecule has 2 amide bonds. The molecule has 1 N–H and O–H groups in total. The number of benzene rings is 1. The van der Waals surface area contributed by atoms with Crippen molar-refractivity contribution in [1.82, 2.24) is 4.90 Å². The van der Waals surface area contributed by atoms with Crippen molar-refractivity contribution in [3.63, 3.8) is 0 Å². The van der Waals surface area contributed by atoms with Gasteiger partial charge in [-0.2, -0.15) is 0 Å². The second kappa shape index (κ2) is 6.01. The van der Waals surface area contributed by atoms with E-state index in [1.54, 1.807) is 4.90 Å². The molecule has 2 rings (SSSR count). The molecule has 0 bridgehead atoms. The van der Waals surface area contributed by atoms with Crippen LogP contribution in [0.5, 0.6) is 0 Å². The first-order valence-corrected chi connectivity index (χ1v) is 7.46. The van der Waals surface area contributed by atoms with E-state index in [4.69, 9.17) is 0 Å². The van der Waals surface area contributed by atoms with Gasteiger partial charge in [-0.25, -0.2) is 0 Å². The molecule has 18 heavy (non-hydrogen) atoms. The lowest BCUT2D eigenvalue weighted by Crippen LogP contribution is -2.34. The SMILES string of the molecule is O=C(CN1CCCC1=O)Nc1cc(I)ccc1Br. The largest absolute Gasteiger partial charge is 0.333 e. The van der Waals surface area contributed by atoms with Crippen LogP contribution in [0.25, 0.3) is 0 Å². The number of amides is 2. The molecule has 0 aromatic heterocycles. The predicted octanol–water partition coefficient (Wildman–Crippen LogP) is 2.61. The van der Waals surface area contributed by atoms with E-state index in [0.717, 1.165) is 20.2 Å². The standard InChI is InChI=1S/C12H12BrIN2O2/c13-9-4-3-8(14)6-10(9)15-11(17)7-16-5-1-2-12(16)18/h3-4,6H,1-2,5,7H2,(H,15,17). The maximum atomic E-state index is 11.8. The summed E-state index contributed by atoms with van der Waals surface area (Å²) >= 11 is 5.57. The summed E-state index contributed by atoms with van der Waals surface area (Å²) in [7, 11) is 0. The molecule has 1 fully saturated rings. The zero-order chi connectivity index (χ0) is 13.1. The van der Waals surface area contributed by atoms with Crippen LogP contribution >= 0.6 is 38.5 Å². The number of carbonyl (C=O) groups excluding carboxylic acids is 2. The summed E-state index contributed by atoms with van der Waals surface area (Å²) in [5.74, 6) is -0.0974. The van der Waals surface area contributed by atoms with Crippen molar-refractivity contribution in [2.24, 2.45) is 0 Å². The van der Waals surface area contributed by atoms with Crippen LogP contribution in [-0.2, 0) is 9.59 Å². The zero-order valence-corrected chi connectivity index (χ0v) is 13.3. The van der Waals surface area contributed by atoms with Gasteiger partial charge < -0.3 is 10.2 Å². The Morgan fingerprint density at radius 2 is 2.28 bits per heavy atom. The third-order valence-electron chi connectivity index (χ3n) is 2.71. The summed E-state index contributed by atoms with van der Waals surface area (Å²) in [6.07, 6.45) is 1.40. The van der Waals surface area contributed by atoms with Gasteiger partial charge in [-0.15, -0.1) is 0 Å². The van der Waals surface area contributed by atoms with Crippen molar-refractivity contribution < 1.29 is 9.59 Å². The van der Waals surface area contributed by atoms with Crippen LogP contribution < -0.4 is 5.32 Å². The molecule has 1 aliphatic heterocycles. The number of nitrogens with one attached hydrogen (secondary N) is 1. The molecule has 0 atom stereocenters. The monoisotopic (exact) mass is 422 g/mol. The van der Waals surface area contributed by atoms with Gasteiger partial charge in [0.2, 0.25) is 11.8 Å². The summed E-state index contributed by atoms with van der Waals surface area (Å²) in [4.78, 5) is 24.9. The molecule has 0 saturated carbocycles. The topological polar surface area (TPSA) is 49.4 Å². The lowest BCUT2D eigenvalue weighted by Gasteiger charge is -2.15. The number of hydrogen-bond acceptors (Lipinski definition) is 2. The smallest absolute Gasteiger partial charge is 0.244 e. The van der Waals surface area contributed by atoms with Crippen LogP contribution in [0, 0.1) is 3.57 Å². The fourth-order valence-electron chi connectivity index (χ4n) is 1.83. The Hall–Kier alpha value is -0.630. The van der Waals surface area contributed by atoms with Crippen molar-refractivity contribution in [2.75, 3.05) is 18.4 Å². The number of rotatable bonds is 3. The van der Waals surface area contributed by atoms with Crippen LogP contribution in [-0.4, -0.2) is 29.8 Å². The van der Waals surface area contributed by atoms with Crippen LogP contribution in [0.1, 0.15) is 12.8 Å². The lowest BCUT2D eigenvalue weighted by molar-refractivity contribution is -0.131. The Bertz CT molecular complexity index is 493. The second-order valence-corrected chi connectivity index (χ2v) is 6.19. The Morgan fingerprint density at radius 3 is 2.94 bits per heavy atom. The molecule has 6 heteroatoms. The van der Waals surface area contributed by atoms with Crippen LogP contribution in [0.3, 0.4) is 0 Å². The van der Waals surface area contributed by atoms with Crippen LogP contribution in [0.4, 0.5) is 5.69 Å². The quantitative estimate of drug-likeness (QED) is 0.761. The summed E-state index contributed by atoms with van der Waals surface area (Å²) in [5, 5.41) is 2.81. The van der Waals surface area contributed by atoms with Gasteiger partial charge in [-0.3, -0.25) is 9.59 Å². The highest BCUT2D eigenvalue weighted by atomic mass is 127. The van der Waals surface area contributed by atoms with Gasteiger partial charge in [-0.05, 0) is 63.1 Å². The third-order valence-corrected chi connectivity index (χ3v) is 4.07. The summed E-state index contributed by atoms with van der Waals surface area (Å²) in [5.41, 5.74) is 0.735. The highest BCUT2D eigenvalue weighted by Gasteiger charge is 2.22. The third kappa shape index (κ3) is 3.44. The maximum absolute atomic E-state index is 11.8. The molecule has 0 unspecified atom stereocenters. The number of nitrogens with zero attached hydrogens (tertiary/aromatic N) is 1. The summed E-state index contributed by atoms with van der Waals surface area (Å²) < 4.78 is 1.88. The molecule has 1 aliphatic rings. The number of likely N-dealkylation sites (tertiary alicyclic amines) is 1. The normalized spacial score (nSPS) is 15.0. The summed E-state index contributed by atoms with van der Waals surface area (Å²) in [6.45, 7) is 0.816. The molecule has 0 aliphatic carbocycles. The molecule has 4 nitrogen and oxygen atoms in total. The van der Waals surface area contributed by atoms with E-state index in [2.05, 4.69) is 43.8 Å². The van der Waals surface area contributed by atoms with E-state index >= 15 is 0 Å². The van der Waals surface area contributed by atoms with Gasteiger partial charge in [0.25, 0.3) is 0 Å². The van der Waals surface area contributed by atoms with Gasteiger partial charge in [0.05, 0.1) is 12.2 Å². The average molecular weight is 423 g/mol. The fourth-order valence-corrected chi connectivity index (χ4v) is 2.66. The van der Waals surface area contributed by atoms with Gasteiger partial charge in [0, 0.05) is 21.0 Å². The summed E-state index contributed by atoms with van der Waals surface area (Å²) in [6, 6.07) is 5.72. The lowest BCUT2D eigenvalue weighted by atomic mass is 10.3. The molecule has 1 aromatic rings. The van der Waals surface area contributed by atoms with Gasteiger partial charge >= 0.3 is 0 Å². The highest BCUT2D eigenvalue weighted by molar-refractivity contribution is 14.1. The first kappa shape index (κ1) is 13.8. The van der Waals surface area contributed by atoms with E-state index in [0.29, 0.717) is 13.0 Å². The Balaban J connectivity index is 1.98. The van der Waals surface area contributed by atoms with Crippen molar-refractivity contribution in [3.05, 3.63) is 26.2 Å². The van der Waals surface area contributed by atoms with Crippen LogP contribution in [0.2, 0.25) is 0 Å². The maximum Gasteiger partial charge on any atom is 0.244 e. The minimum absolute atomic E-state index is 0.0619. The van der Waals surface area contributed by atoms with Crippen molar-refractivity contribution in [2.45, 2.75) is 12.8 Å². The Kier molecular flexibility index (Phi) is 4.60. The fraction of sp³-hybridized carbons (Fsp3) is 0.333. The van der Waals surface area contributed by atoms with E-state index in [1.807, 2.05) is 18.2 Å². The van der Waals surface area contributed by atoms with Crippen molar-refractivity contribution in [3.8, 4) is 0 Å². The molecular weight excluding hydrogens is 411 g/mol. The van der Waals surface area contributed by atoms with E-state index in [-0.39, 0.29) is 18.4 Å². The average Bonchev–Trinajstić information content (AvgIpc) is 2.70. The number of anilines is 1. The Labute approximate surface area is 127 Å². The highest BCUT2D eigenvalue weighted by Crippen LogP contribution is 2.24. The molecule has 96 valence electrons. The minimum Gasteiger partial charge on any atom is -0.333 e. The minimum atomic E-state index is -0.159. The molecule has 0 spiro atoms.